The molecule has 2 nitrogen and oxygen atoms in total. The van der Waals surface area contributed by atoms with Crippen molar-refractivity contribution in [1.82, 2.24) is 10.2 Å². The van der Waals surface area contributed by atoms with Crippen LogP contribution >= 0.6 is 0 Å². The lowest BCUT2D eigenvalue weighted by Crippen LogP contribution is -1.87. The number of aromatic nitrogens is 2. The third kappa shape index (κ3) is 1.23. The second-order valence-corrected chi connectivity index (χ2v) is 2.93. The Morgan fingerprint density at radius 1 is 1.55 bits per heavy atom. The molecule has 1 saturated carbocycles. The minimum absolute atomic E-state index is 0.201. The molecule has 0 aromatic carbocycles. The van der Waals surface area contributed by atoms with Crippen molar-refractivity contribution in [3.63, 3.8) is 0 Å². The molecule has 0 radical (unpaired) electrons. The Bertz CT molecular complexity index is 237. The van der Waals surface area contributed by atoms with Gasteiger partial charge in [-0.05, 0) is 29.9 Å². The summed E-state index contributed by atoms with van der Waals surface area (Å²) in [5.41, 5.74) is 1.13. The van der Waals surface area contributed by atoms with Crippen LogP contribution in [0.25, 0.3) is 0 Å². The van der Waals surface area contributed by atoms with Crippen molar-refractivity contribution >= 4 is 0 Å². The van der Waals surface area contributed by atoms with E-state index in [1.165, 1.54) is 0 Å². The maximum atomic E-state index is 12.1. The number of hydrogen-bond acceptors (Lipinski definition) is 2. The van der Waals surface area contributed by atoms with Crippen LogP contribution in [-0.4, -0.2) is 16.9 Å². The van der Waals surface area contributed by atoms with Gasteiger partial charge in [0.05, 0.1) is 12.9 Å². The highest BCUT2D eigenvalue weighted by atomic mass is 19.1. The molecule has 2 rings (SSSR count). The highest BCUT2D eigenvalue weighted by molar-refractivity contribution is 5.20. The third-order valence-corrected chi connectivity index (χ3v) is 2.16. The molecule has 0 unspecified atom stereocenters. The fourth-order valence-corrected chi connectivity index (χ4v) is 1.35. The van der Waals surface area contributed by atoms with Crippen LogP contribution in [0.2, 0.25) is 0 Å². The molecule has 1 aliphatic carbocycles. The van der Waals surface area contributed by atoms with E-state index in [9.17, 15) is 4.39 Å². The summed E-state index contributed by atoms with van der Waals surface area (Å²) in [5, 5.41) is 7.40. The van der Waals surface area contributed by atoms with Gasteiger partial charge in [0.15, 0.2) is 0 Å². The molecule has 1 fully saturated rings. The van der Waals surface area contributed by atoms with Gasteiger partial charge in [-0.1, -0.05) is 0 Å². The van der Waals surface area contributed by atoms with Gasteiger partial charge in [0.2, 0.25) is 0 Å². The summed E-state index contributed by atoms with van der Waals surface area (Å²) in [5.74, 6) is 0.662. The molecule has 1 aliphatic rings. The molecule has 0 N–H and O–H groups in total. The van der Waals surface area contributed by atoms with E-state index in [2.05, 4.69) is 10.2 Å². The van der Waals surface area contributed by atoms with E-state index in [0.717, 1.165) is 12.0 Å². The van der Waals surface area contributed by atoms with Gasteiger partial charge in [0, 0.05) is 6.20 Å². The molecule has 0 aliphatic heterocycles. The number of alkyl halides is 1. The SMILES string of the molecule is FC[C@H]1C[C@@H]1c1ccnnc1. The van der Waals surface area contributed by atoms with E-state index in [4.69, 9.17) is 0 Å². The maximum absolute atomic E-state index is 12.1. The summed E-state index contributed by atoms with van der Waals surface area (Å²) in [4.78, 5) is 0. The average Bonchev–Trinajstić information content (AvgIpc) is 2.85. The topological polar surface area (TPSA) is 25.8 Å². The first-order chi connectivity index (χ1) is 5.42. The molecule has 1 aromatic rings. The van der Waals surface area contributed by atoms with Gasteiger partial charge in [-0.25, -0.2) is 0 Å². The Morgan fingerprint density at radius 3 is 3.00 bits per heavy atom. The molecular weight excluding hydrogens is 143 g/mol. The summed E-state index contributed by atoms with van der Waals surface area (Å²) in [6, 6.07) is 1.91. The van der Waals surface area contributed by atoms with Crippen molar-refractivity contribution in [2.45, 2.75) is 12.3 Å². The number of nitrogens with zero attached hydrogens (tertiary/aromatic N) is 2. The molecule has 58 valence electrons. The van der Waals surface area contributed by atoms with Crippen molar-refractivity contribution in [1.29, 1.82) is 0 Å². The fraction of sp³-hybridized carbons (Fsp3) is 0.500. The first kappa shape index (κ1) is 6.70. The Morgan fingerprint density at radius 2 is 2.45 bits per heavy atom. The molecule has 1 heterocycles. The minimum atomic E-state index is -0.201. The molecule has 1 aromatic heterocycles. The van der Waals surface area contributed by atoms with Crippen LogP contribution in [0, 0.1) is 5.92 Å². The van der Waals surface area contributed by atoms with E-state index in [1.54, 1.807) is 12.4 Å². The predicted molar refractivity (Wildman–Crippen MR) is 38.9 cm³/mol. The highest BCUT2D eigenvalue weighted by Gasteiger charge is 2.38. The molecule has 3 heteroatoms. The molecule has 0 saturated heterocycles. The minimum Gasteiger partial charge on any atom is -0.251 e. The van der Waals surface area contributed by atoms with Crippen LogP contribution in [-0.2, 0) is 0 Å². The Hall–Kier alpha value is -0.990. The zero-order chi connectivity index (χ0) is 7.68. The van der Waals surface area contributed by atoms with E-state index >= 15 is 0 Å². The lowest BCUT2D eigenvalue weighted by molar-refractivity contribution is 0.452. The molecule has 11 heavy (non-hydrogen) atoms. The van der Waals surface area contributed by atoms with Gasteiger partial charge in [-0.15, -0.1) is 0 Å². The van der Waals surface area contributed by atoms with Gasteiger partial charge in [-0.3, -0.25) is 4.39 Å². The van der Waals surface area contributed by atoms with Gasteiger partial charge in [-0.2, -0.15) is 10.2 Å². The summed E-state index contributed by atoms with van der Waals surface area (Å²) < 4.78 is 12.1. The summed E-state index contributed by atoms with van der Waals surface area (Å²) in [6.45, 7) is -0.201. The third-order valence-electron chi connectivity index (χ3n) is 2.16. The number of halogens is 1. The fourth-order valence-electron chi connectivity index (χ4n) is 1.35. The molecular formula is C8H9FN2. The predicted octanol–water partition coefficient (Wildman–Crippen LogP) is 1.55. The molecule has 0 bridgehead atoms. The quantitative estimate of drug-likeness (QED) is 0.642. The van der Waals surface area contributed by atoms with Gasteiger partial charge in [0.25, 0.3) is 0 Å². The number of hydrogen-bond donors (Lipinski definition) is 0. The first-order valence-electron chi connectivity index (χ1n) is 3.74. The van der Waals surface area contributed by atoms with Crippen molar-refractivity contribution in [2.24, 2.45) is 5.92 Å². The second-order valence-electron chi connectivity index (χ2n) is 2.93. The standard InChI is InChI=1S/C8H9FN2/c9-4-7-3-8(7)6-1-2-10-11-5-6/h1-2,5,7-8H,3-4H2/t7-,8-/m1/s1. The monoisotopic (exact) mass is 152 g/mol. The van der Waals surface area contributed by atoms with Gasteiger partial charge < -0.3 is 0 Å². The average molecular weight is 152 g/mol. The van der Waals surface area contributed by atoms with E-state index in [-0.39, 0.29) is 12.6 Å². The molecule has 0 spiro atoms. The van der Waals surface area contributed by atoms with Crippen molar-refractivity contribution < 1.29 is 4.39 Å². The van der Waals surface area contributed by atoms with Gasteiger partial charge >= 0.3 is 0 Å². The molecule has 2 atom stereocenters. The van der Waals surface area contributed by atoms with Crippen LogP contribution in [0.15, 0.2) is 18.5 Å². The lowest BCUT2D eigenvalue weighted by atomic mass is 10.2. The van der Waals surface area contributed by atoms with E-state index in [1.807, 2.05) is 6.07 Å². The maximum Gasteiger partial charge on any atom is 0.0928 e. The van der Waals surface area contributed by atoms with Crippen molar-refractivity contribution in [3.05, 3.63) is 24.0 Å². The lowest BCUT2D eigenvalue weighted by Gasteiger charge is -1.93. The van der Waals surface area contributed by atoms with Crippen molar-refractivity contribution in [2.75, 3.05) is 6.67 Å². The van der Waals surface area contributed by atoms with Crippen LogP contribution < -0.4 is 0 Å². The first-order valence-corrected chi connectivity index (χ1v) is 3.74. The van der Waals surface area contributed by atoms with Crippen LogP contribution in [0.4, 0.5) is 4.39 Å². The Balaban J connectivity index is 2.09. The van der Waals surface area contributed by atoms with Crippen molar-refractivity contribution in [3.8, 4) is 0 Å². The zero-order valence-electron chi connectivity index (χ0n) is 6.07. The normalized spacial score (nSPS) is 28.5. The molecule has 0 amide bonds. The summed E-state index contributed by atoms with van der Waals surface area (Å²) >= 11 is 0. The summed E-state index contributed by atoms with van der Waals surface area (Å²) in [6.07, 6.45) is 4.35. The summed E-state index contributed by atoms with van der Waals surface area (Å²) in [7, 11) is 0. The van der Waals surface area contributed by atoms with E-state index < -0.39 is 0 Å². The zero-order valence-corrected chi connectivity index (χ0v) is 6.07. The largest absolute Gasteiger partial charge is 0.251 e. The second kappa shape index (κ2) is 2.57. The Kier molecular flexibility index (Phi) is 1.56. The Labute approximate surface area is 64.5 Å². The smallest absolute Gasteiger partial charge is 0.0928 e. The van der Waals surface area contributed by atoms with Crippen LogP contribution in [0.1, 0.15) is 17.9 Å². The number of rotatable bonds is 2. The van der Waals surface area contributed by atoms with E-state index in [0.29, 0.717) is 5.92 Å². The highest BCUT2D eigenvalue weighted by Crippen LogP contribution is 2.47. The van der Waals surface area contributed by atoms with Crippen LogP contribution in [0.5, 0.6) is 0 Å². The van der Waals surface area contributed by atoms with Crippen LogP contribution in [0.3, 0.4) is 0 Å². The van der Waals surface area contributed by atoms with Gasteiger partial charge in [0.1, 0.15) is 0 Å².